The summed E-state index contributed by atoms with van der Waals surface area (Å²) >= 11 is 0. The van der Waals surface area contributed by atoms with Crippen LogP contribution in [0, 0.1) is 0 Å². The lowest BCUT2D eigenvalue weighted by atomic mass is 10.3. The van der Waals surface area contributed by atoms with Crippen molar-refractivity contribution in [1.29, 1.82) is 0 Å². The maximum Gasteiger partial charge on any atom is 0.525 e. The molecule has 0 saturated heterocycles. The zero-order chi connectivity index (χ0) is 7.98. The highest BCUT2D eigenvalue weighted by molar-refractivity contribution is 5.56. The van der Waals surface area contributed by atoms with Gasteiger partial charge in [-0.05, 0) is 6.42 Å². The van der Waals surface area contributed by atoms with Crippen molar-refractivity contribution < 1.29 is 14.7 Å². The molecule has 0 unspecified atom stereocenters. The van der Waals surface area contributed by atoms with Crippen LogP contribution in [0.15, 0.2) is 0 Å². The average molecular weight is 147 g/mol. The smallest absolute Gasteiger partial charge is 0.448 e. The quantitative estimate of drug-likeness (QED) is 0.609. The minimum absolute atomic E-state index is 0.656. The van der Waals surface area contributed by atoms with Gasteiger partial charge in [0.25, 0.3) is 0 Å². The number of hydroxylamine groups is 2. The summed E-state index contributed by atoms with van der Waals surface area (Å²) in [4.78, 5) is 14.2. The summed E-state index contributed by atoms with van der Waals surface area (Å²) in [5.74, 6) is 0. The number of carboxylic acid groups (broad SMARTS) is 1. The van der Waals surface area contributed by atoms with E-state index in [1.165, 1.54) is 5.06 Å². The molecule has 0 aromatic carbocycles. The van der Waals surface area contributed by atoms with Crippen LogP contribution in [0.25, 0.3) is 0 Å². The molecule has 0 aliphatic carbocycles. The topological polar surface area (TPSA) is 49.8 Å². The third-order valence-corrected chi connectivity index (χ3v) is 1.06. The number of carbonyl (C=O) groups is 1. The number of nitrogens with zero attached hydrogens (tertiary/aromatic N) is 1. The Morgan fingerprint density at radius 1 is 1.70 bits per heavy atom. The van der Waals surface area contributed by atoms with E-state index in [1.54, 1.807) is 7.05 Å². The zero-order valence-corrected chi connectivity index (χ0v) is 6.33. The Kier molecular flexibility index (Phi) is 4.66. The first kappa shape index (κ1) is 9.23. The van der Waals surface area contributed by atoms with Crippen LogP contribution in [0.1, 0.15) is 19.8 Å². The first-order chi connectivity index (χ1) is 4.66. The van der Waals surface area contributed by atoms with Gasteiger partial charge in [-0.25, -0.2) is 4.79 Å². The average Bonchev–Trinajstić information content (AvgIpc) is 1.82. The molecule has 0 fully saturated rings. The normalized spacial score (nSPS) is 9.90. The van der Waals surface area contributed by atoms with E-state index >= 15 is 0 Å². The van der Waals surface area contributed by atoms with Gasteiger partial charge in [-0.2, -0.15) is 0 Å². The van der Waals surface area contributed by atoms with Crippen molar-refractivity contribution in [3.63, 3.8) is 0 Å². The summed E-state index contributed by atoms with van der Waals surface area (Å²) in [5.41, 5.74) is 0. The summed E-state index contributed by atoms with van der Waals surface area (Å²) in [6, 6.07) is 0. The van der Waals surface area contributed by atoms with E-state index in [0.29, 0.717) is 6.54 Å². The summed E-state index contributed by atoms with van der Waals surface area (Å²) in [6.07, 6.45) is 0.732. The van der Waals surface area contributed by atoms with E-state index in [2.05, 4.69) is 4.84 Å². The maximum absolute atomic E-state index is 9.91. The molecular weight excluding hydrogens is 134 g/mol. The molecule has 0 bridgehead atoms. The zero-order valence-electron chi connectivity index (χ0n) is 6.33. The maximum atomic E-state index is 9.91. The van der Waals surface area contributed by atoms with E-state index < -0.39 is 6.16 Å². The summed E-state index contributed by atoms with van der Waals surface area (Å²) in [5, 5.41) is 9.43. The van der Waals surface area contributed by atoms with Crippen LogP contribution in [0.3, 0.4) is 0 Å². The standard InChI is InChI=1S/C6H13NO3/c1-3-4-5-7(2)10-6(8)9/h3-5H2,1-2H3,(H,8,9). The van der Waals surface area contributed by atoms with Crippen molar-refractivity contribution >= 4 is 6.16 Å². The minimum Gasteiger partial charge on any atom is -0.448 e. The first-order valence-electron chi connectivity index (χ1n) is 3.28. The minimum atomic E-state index is -1.25. The van der Waals surface area contributed by atoms with Gasteiger partial charge in [0.2, 0.25) is 0 Å². The van der Waals surface area contributed by atoms with Crippen molar-refractivity contribution in [3.8, 4) is 0 Å². The van der Waals surface area contributed by atoms with Gasteiger partial charge in [-0.3, -0.25) is 0 Å². The van der Waals surface area contributed by atoms with E-state index in [9.17, 15) is 4.79 Å². The molecule has 0 spiro atoms. The van der Waals surface area contributed by atoms with Gasteiger partial charge in [-0.1, -0.05) is 13.3 Å². The lowest BCUT2D eigenvalue weighted by Crippen LogP contribution is -2.22. The van der Waals surface area contributed by atoms with Gasteiger partial charge in [-0.15, -0.1) is 5.06 Å². The molecule has 0 aliphatic heterocycles. The van der Waals surface area contributed by atoms with Crippen molar-refractivity contribution in [2.24, 2.45) is 0 Å². The molecule has 0 aliphatic rings. The molecule has 0 amide bonds. The Bertz CT molecular complexity index is 105. The van der Waals surface area contributed by atoms with Gasteiger partial charge in [0.15, 0.2) is 0 Å². The van der Waals surface area contributed by atoms with E-state index in [0.717, 1.165) is 12.8 Å². The third kappa shape index (κ3) is 5.37. The molecule has 0 atom stereocenters. The molecule has 4 heteroatoms. The Morgan fingerprint density at radius 3 is 2.70 bits per heavy atom. The van der Waals surface area contributed by atoms with Gasteiger partial charge in [0.05, 0.1) is 0 Å². The number of hydrogen-bond acceptors (Lipinski definition) is 3. The van der Waals surface area contributed by atoms with E-state index in [4.69, 9.17) is 5.11 Å². The predicted octanol–water partition coefficient (Wildman–Crippen LogP) is 1.33. The second-order valence-electron chi connectivity index (χ2n) is 2.06. The fraction of sp³-hybridized carbons (Fsp3) is 0.833. The Morgan fingerprint density at radius 2 is 2.30 bits per heavy atom. The van der Waals surface area contributed by atoms with Crippen LogP contribution in [0.5, 0.6) is 0 Å². The summed E-state index contributed by atoms with van der Waals surface area (Å²) < 4.78 is 0. The first-order valence-corrected chi connectivity index (χ1v) is 3.28. The largest absolute Gasteiger partial charge is 0.525 e. The van der Waals surface area contributed by atoms with Crippen molar-refractivity contribution in [2.45, 2.75) is 19.8 Å². The number of hydrogen-bond donors (Lipinski definition) is 1. The lowest BCUT2D eigenvalue weighted by molar-refractivity contribution is -0.0999. The second-order valence-corrected chi connectivity index (χ2v) is 2.06. The molecule has 0 aromatic heterocycles. The molecule has 10 heavy (non-hydrogen) atoms. The van der Waals surface area contributed by atoms with Crippen molar-refractivity contribution in [1.82, 2.24) is 5.06 Å². The molecule has 0 aromatic rings. The van der Waals surface area contributed by atoms with Crippen LogP contribution >= 0.6 is 0 Å². The molecule has 0 heterocycles. The van der Waals surface area contributed by atoms with E-state index in [1.807, 2.05) is 6.92 Å². The van der Waals surface area contributed by atoms with Gasteiger partial charge < -0.3 is 9.94 Å². The molecule has 1 N–H and O–H groups in total. The molecular formula is C6H13NO3. The second kappa shape index (κ2) is 5.05. The number of rotatable bonds is 4. The monoisotopic (exact) mass is 147 g/mol. The SMILES string of the molecule is CCCCN(C)OC(=O)O. The predicted molar refractivity (Wildman–Crippen MR) is 36.6 cm³/mol. The summed E-state index contributed by atoms with van der Waals surface area (Å²) in [7, 11) is 1.60. The number of unbranched alkanes of at least 4 members (excludes halogenated alkanes) is 1. The molecule has 0 radical (unpaired) electrons. The Balaban J connectivity index is 3.25. The molecule has 0 saturated carbocycles. The van der Waals surface area contributed by atoms with Crippen LogP contribution < -0.4 is 0 Å². The van der Waals surface area contributed by atoms with Crippen molar-refractivity contribution in [3.05, 3.63) is 0 Å². The molecule has 60 valence electrons. The van der Waals surface area contributed by atoms with Crippen LogP contribution in [0.4, 0.5) is 4.79 Å². The van der Waals surface area contributed by atoms with Gasteiger partial charge in [0.1, 0.15) is 0 Å². The van der Waals surface area contributed by atoms with Crippen LogP contribution in [-0.4, -0.2) is 29.9 Å². The fourth-order valence-electron chi connectivity index (χ4n) is 0.560. The van der Waals surface area contributed by atoms with Crippen molar-refractivity contribution in [2.75, 3.05) is 13.6 Å². The van der Waals surface area contributed by atoms with Crippen LogP contribution in [0.2, 0.25) is 0 Å². The van der Waals surface area contributed by atoms with Gasteiger partial charge in [0, 0.05) is 13.6 Å². The molecule has 0 rings (SSSR count). The van der Waals surface area contributed by atoms with E-state index in [-0.39, 0.29) is 0 Å². The Labute approximate surface area is 60.3 Å². The Hall–Kier alpha value is -0.770. The summed E-state index contributed by atoms with van der Waals surface area (Å²) in [6.45, 7) is 2.69. The highest BCUT2D eigenvalue weighted by Gasteiger charge is 2.01. The highest BCUT2D eigenvalue weighted by atomic mass is 16.8. The molecule has 4 nitrogen and oxygen atoms in total. The fourth-order valence-corrected chi connectivity index (χ4v) is 0.560. The van der Waals surface area contributed by atoms with Gasteiger partial charge >= 0.3 is 6.16 Å². The highest BCUT2D eigenvalue weighted by Crippen LogP contribution is 1.92. The third-order valence-electron chi connectivity index (χ3n) is 1.06. The van der Waals surface area contributed by atoms with Crippen LogP contribution in [-0.2, 0) is 4.84 Å². The lowest BCUT2D eigenvalue weighted by Gasteiger charge is -2.11.